The first-order valence-electron chi connectivity index (χ1n) is 10.7. The summed E-state index contributed by atoms with van der Waals surface area (Å²) >= 11 is 0. The highest BCUT2D eigenvalue weighted by Crippen LogP contribution is 2.14. The Bertz CT molecular complexity index is 1200. The van der Waals surface area contributed by atoms with Crippen LogP contribution in [0.4, 0.5) is 0 Å². The van der Waals surface area contributed by atoms with Crippen LogP contribution in [-0.2, 0) is 0 Å². The summed E-state index contributed by atoms with van der Waals surface area (Å²) in [6.45, 7) is 11.1. The van der Waals surface area contributed by atoms with Crippen molar-refractivity contribution in [2.45, 2.75) is 39.4 Å². The molecule has 152 valence electrons. The minimum Gasteiger partial charge on any atom is -0.127 e. The van der Waals surface area contributed by atoms with Crippen molar-refractivity contribution in [1.82, 2.24) is 0 Å². The largest absolute Gasteiger partial charge is 0.129 e. The van der Waals surface area contributed by atoms with Gasteiger partial charge in [0.15, 0.2) is 0 Å². The van der Waals surface area contributed by atoms with Gasteiger partial charge in [-0.3, -0.25) is 0 Å². The maximum atomic E-state index is 3.39. The zero-order valence-corrected chi connectivity index (χ0v) is 20.0. The van der Waals surface area contributed by atoms with Gasteiger partial charge in [-0.25, -0.2) is 0 Å². The molecule has 0 aliphatic carbocycles. The van der Waals surface area contributed by atoms with E-state index in [9.17, 15) is 0 Å². The summed E-state index contributed by atoms with van der Waals surface area (Å²) in [5.41, 5.74) is 9.77. The summed E-state index contributed by atoms with van der Waals surface area (Å²) in [4.78, 5) is 0. The highest BCUT2D eigenvalue weighted by molar-refractivity contribution is 6.83. The van der Waals surface area contributed by atoms with Gasteiger partial charge >= 0.3 is 0 Å². The number of rotatable bonds is 1. The van der Waals surface area contributed by atoms with Crippen molar-refractivity contribution >= 4 is 8.07 Å². The van der Waals surface area contributed by atoms with Crippen molar-refractivity contribution < 1.29 is 0 Å². The van der Waals surface area contributed by atoms with Crippen molar-refractivity contribution in [3.8, 4) is 35.1 Å². The van der Waals surface area contributed by atoms with Gasteiger partial charge in [0, 0.05) is 27.8 Å². The van der Waals surface area contributed by atoms with Crippen molar-refractivity contribution in [2.24, 2.45) is 0 Å². The van der Waals surface area contributed by atoms with E-state index in [1.807, 2.05) is 48.5 Å². The average Bonchev–Trinajstić information content (AvgIpc) is 2.76. The third-order valence-electron chi connectivity index (χ3n) is 4.63. The third kappa shape index (κ3) is 7.39. The summed E-state index contributed by atoms with van der Waals surface area (Å²) in [7, 11) is -1.35. The molecule has 0 amide bonds. The van der Waals surface area contributed by atoms with E-state index >= 15 is 0 Å². The van der Waals surface area contributed by atoms with Gasteiger partial charge in [0.25, 0.3) is 0 Å². The van der Waals surface area contributed by atoms with E-state index in [4.69, 9.17) is 0 Å². The lowest BCUT2D eigenvalue weighted by atomic mass is 10.0. The molecule has 0 heterocycles. The van der Waals surface area contributed by atoms with Crippen molar-refractivity contribution in [1.29, 1.82) is 0 Å². The summed E-state index contributed by atoms with van der Waals surface area (Å²) in [5, 5.41) is 0. The van der Waals surface area contributed by atoms with Gasteiger partial charge in [0.2, 0.25) is 0 Å². The van der Waals surface area contributed by atoms with Crippen LogP contribution < -0.4 is 0 Å². The van der Waals surface area contributed by atoms with Crippen LogP contribution >= 0.6 is 0 Å². The maximum absolute atomic E-state index is 3.39. The van der Waals surface area contributed by atoms with Crippen LogP contribution in [-0.4, -0.2) is 8.07 Å². The Kier molecular flexibility index (Phi) is 7.21. The van der Waals surface area contributed by atoms with Crippen LogP contribution in [0, 0.1) is 35.1 Å². The van der Waals surface area contributed by atoms with Crippen LogP contribution in [0.5, 0.6) is 0 Å². The van der Waals surface area contributed by atoms with E-state index in [2.05, 4.69) is 92.9 Å². The molecule has 3 aromatic rings. The molecule has 0 saturated carbocycles. The predicted octanol–water partition coefficient (Wildman–Crippen LogP) is 6.84. The molecule has 0 aliphatic heterocycles. The lowest BCUT2D eigenvalue weighted by Gasteiger charge is -2.03. The van der Waals surface area contributed by atoms with Gasteiger partial charge in [-0.1, -0.05) is 75.2 Å². The van der Waals surface area contributed by atoms with Crippen molar-refractivity contribution in [2.75, 3.05) is 0 Å². The van der Waals surface area contributed by atoms with E-state index < -0.39 is 8.07 Å². The van der Waals surface area contributed by atoms with Crippen LogP contribution in [0.3, 0.4) is 0 Å². The normalized spacial score (nSPS) is 10.3. The molecule has 0 radical (unpaired) electrons. The van der Waals surface area contributed by atoms with E-state index in [1.54, 1.807) is 0 Å². The molecule has 0 aliphatic rings. The summed E-state index contributed by atoms with van der Waals surface area (Å²) in [5.74, 6) is 16.7. The Hall–Kier alpha value is -3.44. The van der Waals surface area contributed by atoms with Gasteiger partial charge < -0.3 is 0 Å². The van der Waals surface area contributed by atoms with Gasteiger partial charge in [-0.05, 0) is 72.1 Å². The fourth-order valence-corrected chi connectivity index (χ4v) is 3.29. The first-order chi connectivity index (χ1) is 14.8. The summed E-state index contributed by atoms with van der Waals surface area (Å²) < 4.78 is 0. The Balaban J connectivity index is 1.65. The van der Waals surface area contributed by atoms with Crippen LogP contribution in [0.1, 0.15) is 53.1 Å². The molecule has 0 aromatic heterocycles. The monoisotopic (exact) mass is 416 g/mol. The summed E-state index contributed by atoms with van der Waals surface area (Å²) in [6.07, 6.45) is 0. The first kappa shape index (κ1) is 22.2. The minimum absolute atomic E-state index is 0.539. The Morgan fingerprint density at radius 3 is 1.06 bits per heavy atom. The van der Waals surface area contributed by atoms with E-state index in [0.717, 1.165) is 27.8 Å². The molecular weight excluding hydrogens is 388 g/mol. The maximum Gasteiger partial charge on any atom is 0.129 e. The molecule has 0 atom stereocenters. The van der Waals surface area contributed by atoms with Crippen LogP contribution in [0.2, 0.25) is 19.6 Å². The SMILES string of the molecule is CC(C)c1ccc(C#Cc2ccc(C#Cc3ccc(C#C[Si](C)(C)C)cc3)cc2)cc1. The smallest absolute Gasteiger partial charge is 0.127 e. The van der Waals surface area contributed by atoms with E-state index in [-0.39, 0.29) is 0 Å². The van der Waals surface area contributed by atoms with Gasteiger partial charge in [-0.2, -0.15) is 0 Å². The number of hydrogen-bond acceptors (Lipinski definition) is 0. The quantitative estimate of drug-likeness (QED) is 0.301. The molecule has 0 N–H and O–H groups in total. The Morgan fingerprint density at radius 1 is 0.484 bits per heavy atom. The lowest BCUT2D eigenvalue weighted by Crippen LogP contribution is -2.16. The molecule has 0 fully saturated rings. The van der Waals surface area contributed by atoms with Gasteiger partial charge in [0.1, 0.15) is 8.07 Å². The summed E-state index contributed by atoms with van der Waals surface area (Å²) in [6, 6.07) is 24.7. The Labute approximate surface area is 188 Å². The molecule has 0 saturated heterocycles. The zero-order valence-electron chi connectivity index (χ0n) is 19.0. The predicted molar refractivity (Wildman–Crippen MR) is 136 cm³/mol. The standard InChI is InChI=1S/C30H28Si/c1-24(2)30-20-18-28(19-21-30)13-12-26-8-6-25(7-9-26)10-11-27-14-16-29(17-15-27)22-23-31(3,4)5/h6-9,14-21,24H,1-5H3. The highest BCUT2D eigenvalue weighted by Gasteiger charge is 2.07. The van der Waals surface area contributed by atoms with Crippen LogP contribution in [0.25, 0.3) is 0 Å². The van der Waals surface area contributed by atoms with Crippen LogP contribution in [0.15, 0.2) is 72.8 Å². The van der Waals surface area contributed by atoms with E-state index in [1.165, 1.54) is 5.56 Å². The second-order valence-corrected chi connectivity index (χ2v) is 13.7. The molecule has 0 unspecified atom stereocenters. The van der Waals surface area contributed by atoms with E-state index in [0.29, 0.717) is 5.92 Å². The molecule has 0 spiro atoms. The van der Waals surface area contributed by atoms with Gasteiger partial charge in [-0.15, -0.1) is 5.54 Å². The molecule has 1 heteroatoms. The molecule has 0 bridgehead atoms. The number of hydrogen-bond donors (Lipinski definition) is 0. The fourth-order valence-electron chi connectivity index (χ4n) is 2.77. The molecule has 31 heavy (non-hydrogen) atoms. The third-order valence-corrected chi connectivity index (χ3v) is 5.51. The highest BCUT2D eigenvalue weighted by atomic mass is 28.3. The first-order valence-corrected chi connectivity index (χ1v) is 14.2. The second-order valence-electron chi connectivity index (χ2n) is 8.93. The topological polar surface area (TPSA) is 0 Å². The molecule has 3 rings (SSSR count). The second kappa shape index (κ2) is 10.0. The lowest BCUT2D eigenvalue weighted by molar-refractivity contribution is 0.866. The molecular formula is C30H28Si. The van der Waals surface area contributed by atoms with Crippen molar-refractivity contribution in [3.05, 3.63) is 106 Å². The number of benzene rings is 3. The molecule has 3 aromatic carbocycles. The van der Waals surface area contributed by atoms with Gasteiger partial charge in [0.05, 0.1) is 0 Å². The zero-order chi connectivity index (χ0) is 22.3. The molecule has 0 nitrogen and oxygen atoms in total. The van der Waals surface area contributed by atoms with Crippen molar-refractivity contribution in [3.63, 3.8) is 0 Å². The fraction of sp³-hybridized carbons (Fsp3) is 0.200. The Morgan fingerprint density at radius 2 is 0.774 bits per heavy atom. The average molecular weight is 417 g/mol. The minimum atomic E-state index is -1.35.